The van der Waals surface area contributed by atoms with E-state index in [0.29, 0.717) is 18.6 Å². The third-order valence-corrected chi connectivity index (χ3v) is 2.84. The van der Waals surface area contributed by atoms with E-state index >= 15 is 0 Å². The van der Waals surface area contributed by atoms with E-state index in [2.05, 4.69) is 10.6 Å². The topological polar surface area (TPSA) is 67.2 Å². The van der Waals surface area contributed by atoms with Crippen LogP contribution in [0.15, 0.2) is 0 Å². The number of hydrogen-bond donors (Lipinski definition) is 3. The van der Waals surface area contributed by atoms with Gasteiger partial charge in [-0.25, -0.2) is 0 Å². The molecule has 0 aromatic heterocycles. The predicted molar refractivity (Wildman–Crippen MR) is 61.5 cm³/mol. The highest BCUT2D eigenvalue weighted by molar-refractivity contribution is 5.77. The Hall–Kier alpha value is -0.610. The summed E-state index contributed by atoms with van der Waals surface area (Å²) in [6, 6.07) is 0.746. The Balaban J connectivity index is 2.10. The van der Waals surface area contributed by atoms with Crippen molar-refractivity contribution in [1.29, 1.82) is 0 Å². The van der Waals surface area contributed by atoms with Crippen LogP contribution >= 0.6 is 0 Å². The predicted octanol–water partition coefficient (Wildman–Crippen LogP) is 0.372. The van der Waals surface area contributed by atoms with Crippen LogP contribution in [0.1, 0.15) is 39.0 Å². The van der Waals surface area contributed by atoms with Crippen molar-refractivity contribution >= 4 is 5.91 Å². The molecule has 4 heteroatoms. The second-order valence-electron chi connectivity index (χ2n) is 4.35. The first-order valence-corrected chi connectivity index (χ1v) is 5.98. The second kappa shape index (κ2) is 6.80. The maximum absolute atomic E-state index is 11.3. The molecule has 0 saturated heterocycles. The second-order valence-corrected chi connectivity index (χ2v) is 4.35. The minimum absolute atomic E-state index is 0.0935. The van der Waals surface area contributed by atoms with Gasteiger partial charge in [0.25, 0.3) is 0 Å². The van der Waals surface area contributed by atoms with E-state index < -0.39 is 0 Å². The van der Waals surface area contributed by atoms with Crippen LogP contribution in [0.25, 0.3) is 0 Å². The highest BCUT2D eigenvalue weighted by Crippen LogP contribution is 2.16. The lowest BCUT2D eigenvalue weighted by molar-refractivity contribution is -0.120. The van der Waals surface area contributed by atoms with Crippen LogP contribution < -0.4 is 16.4 Å². The number of nitrogens with one attached hydrogen (secondary N) is 2. The quantitative estimate of drug-likeness (QED) is 0.618. The van der Waals surface area contributed by atoms with Gasteiger partial charge in [-0.15, -0.1) is 0 Å². The molecule has 2 unspecified atom stereocenters. The zero-order valence-electron chi connectivity index (χ0n) is 9.59. The van der Waals surface area contributed by atoms with Gasteiger partial charge >= 0.3 is 0 Å². The van der Waals surface area contributed by atoms with Crippen molar-refractivity contribution in [3.63, 3.8) is 0 Å². The van der Waals surface area contributed by atoms with Crippen LogP contribution in [0.3, 0.4) is 0 Å². The van der Waals surface area contributed by atoms with Crippen molar-refractivity contribution in [3.05, 3.63) is 0 Å². The SMILES string of the molecule is CCCNC(=O)CNC1CCCC(N)C1. The molecule has 1 amide bonds. The van der Waals surface area contributed by atoms with Gasteiger partial charge in [-0.05, 0) is 25.7 Å². The van der Waals surface area contributed by atoms with Crippen molar-refractivity contribution in [2.24, 2.45) is 5.73 Å². The molecular weight excluding hydrogens is 190 g/mol. The lowest BCUT2D eigenvalue weighted by Crippen LogP contribution is -2.43. The zero-order valence-corrected chi connectivity index (χ0v) is 9.59. The Morgan fingerprint density at radius 2 is 2.27 bits per heavy atom. The molecule has 0 aliphatic heterocycles. The van der Waals surface area contributed by atoms with Crippen molar-refractivity contribution in [3.8, 4) is 0 Å². The Kier molecular flexibility index (Phi) is 5.65. The van der Waals surface area contributed by atoms with E-state index in [1.807, 2.05) is 6.92 Å². The minimum Gasteiger partial charge on any atom is -0.355 e. The molecule has 1 aliphatic carbocycles. The van der Waals surface area contributed by atoms with Crippen molar-refractivity contribution in [1.82, 2.24) is 10.6 Å². The van der Waals surface area contributed by atoms with E-state index in [-0.39, 0.29) is 5.91 Å². The number of hydrogen-bond acceptors (Lipinski definition) is 3. The Morgan fingerprint density at radius 1 is 1.47 bits per heavy atom. The Labute approximate surface area is 92.0 Å². The summed E-state index contributed by atoms with van der Waals surface area (Å²) in [6.45, 7) is 3.25. The summed E-state index contributed by atoms with van der Waals surface area (Å²) in [7, 11) is 0. The average molecular weight is 213 g/mol. The van der Waals surface area contributed by atoms with Crippen molar-refractivity contribution < 1.29 is 4.79 Å². The van der Waals surface area contributed by atoms with Crippen molar-refractivity contribution in [2.45, 2.75) is 51.1 Å². The first-order chi connectivity index (χ1) is 7.22. The van der Waals surface area contributed by atoms with Crippen LogP contribution in [-0.2, 0) is 4.79 Å². The van der Waals surface area contributed by atoms with Crippen LogP contribution in [0.4, 0.5) is 0 Å². The first kappa shape index (κ1) is 12.5. The molecule has 4 N–H and O–H groups in total. The fraction of sp³-hybridized carbons (Fsp3) is 0.909. The third kappa shape index (κ3) is 5.14. The van der Waals surface area contributed by atoms with Gasteiger partial charge in [0.2, 0.25) is 5.91 Å². The molecule has 0 bridgehead atoms. The van der Waals surface area contributed by atoms with Gasteiger partial charge in [0, 0.05) is 18.6 Å². The highest BCUT2D eigenvalue weighted by atomic mass is 16.1. The summed E-state index contributed by atoms with van der Waals surface area (Å²) < 4.78 is 0. The van der Waals surface area contributed by atoms with Gasteiger partial charge < -0.3 is 16.4 Å². The van der Waals surface area contributed by atoms with Crippen molar-refractivity contribution in [2.75, 3.05) is 13.1 Å². The average Bonchev–Trinajstić information content (AvgIpc) is 2.23. The Bertz CT molecular complexity index is 196. The van der Waals surface area contributed by atoms with Crippen LogP contribution in [0, 0.1) is 0 Å². The molecule has 15 heavy (non-hydrogen) atoms. The van der Waals surface area contributed by atoms with E-state index in [4.69, 9.17) is 5.73 Å². The molecular formula is C11H23N3O. The fourth-order valence-corrected chi connectivity index (χ4v) is 1.98. The largest absolute Gasteiger partial charge is 0.355 e. The van der Waals surface area contributed by atoms with E-state index in [1.165, 1.54) is 6.42 Å². The van der Waals surface area contributed by atoms with E-state index in [9.17, 15) is 4.79 Å². The molecule has 0 aromatic rings. The third-order valence-electron chi connectivity index (χ3n) is 2.84. The normalized spacial score (nSPS) is 26.3. The molecule has 88 valence electrons. The summed E-state index contributed by atoms with van der Waals surface area (Å²) in [5.74, 6) is 0.0935. The van der Waals surface area contributed by atoms with Gasteiger partial charge in [0.1, 0.15) is 0 Å². The smallest absolute Gasteiger partial charge is 0.233 e. The number of carbonyl (C=O) groups excluding carboxylic acids is 1. The van der Waals surface area contributed by atoms with Gasteiger partial charge in [-0.3, -0.25) is 4.79 Å². The summed E-state index contributed by atoms with van der Waals surface area (Å²) >= 11 is 0. The lowest BCUT2D eigenvalue weighted by Gasteiger charge is -2.27. The van der Waals surface area contributed by atoms with Crippen LogP contribution in [0.5, 0.6) is 0 Å². The van der Waals surface area contributed by atoms with E-state index in [0.717, 1.165) is 32.2 Å². The Morgan fingerprint density at radius 3 is 2.93 bits per heavy atom. The van der Waals surface area contributed by atoms with Gasteiger partial charge in [-0.2, -0.15) is 0 Å². The monoisotopic (exact) mass is 213 g/mol. The molecule has 1 fully saturated rings. The van der Waals surface area contributed by atoms with Gasteiger partial charge in [-0.1, -0.05) is 13.3 Å². The number of amides is 1. The summed E-state index contributed by atoms with van der Waals surface area (Å²) in [4.78, 5) is 11.3. The first-order valence-electron chi connectivity index (χ1n) is 5.98. The molecule has 1 saturated carbocycles. The van der Waals surface area contributed by atoms with Gasteiger partial charge in [0.15, 0.2) is 0 Å². The number of nitrogens with two attached hydrogens (primary N) is 1. The fourth-order valence-electron chi connectivity index (χ4n) is 1.98. The summed E-state index contributed by atoms with van der Waals surface area (Å²) in [5, 5.41) is 6.12. The molecule has 4 nitrogen and oxygen atoms in total. The number of rotatable bonds is 5. The molecule has 0 radical (unpaired) electrons. The highest BCUT2D eigenvalue weighted by Gasteiger charge is 2.18. The molecule has 1 rings (SSSR count). The summed E-state index contributed by atoms with van der Waals surface area (Å²) in [5.41, 5.74) is 5.87. The molecule has 0 aromatic carbocycles. The van der Waals surface area contributed by atoms with Crippen LogP contribution in [0.2, 0.25) is 0 Å². The maximum Gasteiger partial charge on any atom is 0.233 e. The lowest BCUT2D eigenvalue weighted by atomic mass is 9.92. The summed E-state index contributed by atoms with van der Waals surface area (Å²) in [6.07, 6.45) is 5.44. The molecule has 0 spiro atoms. The maximum atomic E-state index is 11.3. The van der Waals surface area contributed by atoms with E-state index in [1.54, 1.807) is 0 Å². The number of carbonyl (C=O) groups is 1. The molecule has 2 atom stereocenters. The molecule has 0 heterocycles. The van der Waals surface area contributed by atoms with Gasteiger partial charge in [0.05, 0.1) is 6.54 Å². The minimum atomic E-state index is 0.0935. The molecule has 1 aliphatic rings. The zero-order chi connectivity index (χ0) is 11.1. The standard InChI is InChI=1S/C11H23N3O/c1-2-6-13-11(15)8-14-10-5-3-4-9(12)7-10/h9-10,14H,2-8,12H2,1H3,(H,13,15). The van der Waals surface area contributed by atoms with Crippen LogP contribution in [-0.4, -0.2) is 31.1 Å².